The summed E-state index contributed by atoms with van der Waals surface area (Å²) in [4.78, 5) is 11.4. The molecule has 112 valence electrons. The summed E-state index contributed by atoms with van der Waals surface area (Å²) in [6.45, 7) is 2.01. The maximum atomic E-state index is 12.7. The number of rotatable bonds is 4. The van der Waals surface area contributed by atoms with E-state index in [2.05, 4.69) is 20.3 Å². The molecule has 0 fully saturated rings. The molecule has 0 amide bonds. The zero-order valence-electron chi connectivity index (χ0n) is 11.0. The van der Waals surface area contributed by atoms with Gasteiger partial charge in [0.05, 0.1) is 29.7 Å². The van der Waals surface area contributed by atoms with Gasteiger partial charge in [-0.1, -0.05) is 0 Å². The molecule has 4 nitrogen and oxygen atoms in total. The van der Waals surface area contributed by atoms with E-state index in [1.165, 1.54) is 6.07 Å². The van der Waals surface area contributed by atoms with E-state index < -0.39 is 17.6 Å². The van der Waals surface area contributed by atoms with E-state index in [4.69, 9.17) is 0 Å². The Morgan fingerprint density at radius 2 is 1.76 bits per heavy atom. The summed E-state index contributed by atoms with van der Waals surface area (Å²) in [6.07, 6.45) is -1.50. The van der Waals surface area contributed by atoms with Gasteiger partial charge in [0.15, 0.2) is 5.82 Å². The lowest BCUT2D eigenvalue weighted by Gasteiger charge is -2.12. The minimum absolute atomic E-state index is 0.250. The van der Waals surface area contributed by atoms with Crippen LogP contribution in [0.25, 0.3) is 0 Å². The molecule has 1 atom stereocenters. The van der Waals surface area contributed by atoms with Gasteiger partial charge in [0.25, 0.3) is 0 Å². The van der Waals surface area contributed by atoms with Crippen molar-refractivity contribution < 1.29 is 17.6 Å². The molecule has 0 radical (unpaired) electrons. The van der Waals surface area contributed by atoms with Gasteiger partial charge in [-0.3, -0.25) is 4.98 Å². The first kappa shape index (κ1) is 15.3. The number of alkyl halides is 3. The summed E-state index contributed by atoms with van der Waals surface area (Å²) in [6, 6.07) is 1.99. The Kier molecular flexibility index (Phi) is 4.46. The number of hydrogen-bond acceptors (Lipinski definition) is 4. The van der Waals surface area contributed by atoms with Gasteiger partial charge >= 0.3 is 6.18 Å². The average molecular weight is 300 g/mol. The predicted molar refractivity (Wildman–Crippen MR) is 66.5 cm³/mol. The average Bonchev–Trinajstić information content (AvgIpc) is 2.45. The molecule has 2 heterocycles. The molecule has 1 unspecified atom stereocenters. The van der Waals surface area contributed by atoms with Crippen LogP contribution >= 0.6 is 0 Å². The van der Waals surface area contributed by atoms with Gasteiger partial charge in [0.2, 0.25) is 0 Å². The zero-order valence-corrected chi connectivity index (χ0v) is 11.0. The molecule has 21 heavy (non-hydrogen) atoms. The quantitative estimate of drug-likeness (QED) is 0.882. The molecule has 0 bridgehead atoms. The van der Waals surface area contributed by atoms with E-state index in [1.807, 2.05) is 0 Å². The minimum Gasteiger partial charge on any atom is -0.302 e. The minimum atomic E-state index is -4.39. The summed E-state index contributed by atoms with van der Waals surface area (Å²) < 4.78 is 49.8. The SMILES string of the molecule is CC(NCc1ccc(C(F)(F)F)cn1)c1ncc(F)cn1. The molecule has 0 aromatic carbocycles. The molecule has 0 saturated carbocycles. The number of nitrogens with zero attached hydrogens (tertiary/aromatic N) is 3. The fraction of sp³-hybridized carbons (Fsp3) is 0.308. The molecule has 0 aliphatic rings. The smallest absolute Gasteiger partial charge is 0.302 e. The van der Waals surface area contributed by atoms with Crippen molar-refractivity contribution in [2.24, 2.45) is 0 Å². The van der Waals surface area contributed by atoms with Crippen molar-refractivity contribution in [1.29, 1.82) is 0 Å². The van der Waals surface area contributed by atoms with E-state index in [-0.39, 0.29) is 12.6 Å². The maximum Gasteiger partial charge on any atom is 0.417 e. The van der Waals surface area contributed by atoms with Gasteiger partial charge in [-0.2, -0.15) is 13.2 Å². The molecule has 8 heteroatoms. The maximum absolute atomic E-state index is 12.7. The second kappa shape index (κ2) is 6.13. The third-order valence-corrected chi connectivity index (χ3v) is 2.77. The van der Waals surface area contributed by atoms with Crippen LogP contribution in [0, 0.1) is 5.82 Å². The molecule has 2 rings (SSSR count). The summed E-state index contributed by atoms with van der Waals surface area (Å²) in [5.74, 6) is -0.140. The van der Waals surface area contributed by atoms with Crippen LogP contribution in [0.1, 0.15) is 30.0 Å². The summed E-state index contributed by atoms with van der Waals surface area (Å²) >= 11 is 0. The van der Waals surface area contributed by atoms with Crippen molar-refractivity contribution >= 4 is 0 Å². The first-order valence-corrected chi connectivity index (χ1v) is 6.09. The topological polar surface area (TPSA) is 50.7 Å². The molecular weight excluding hydrogens is 288 g/mol. The number of hydrogen-bond donors (Lipinski definition) is 1. The summed E-state index contributed by atoms with van der Waals surface area (Å²) in [5, 5.41) is 3.00. The fourth-order valence-electron chi connectivity index (χ4n) is 1.59. The van der Waals surface area contributed by atoms with E-state index in [0.717, 1.165) is 24.7 Å². The van der Waals surface area contributed by atoms with Crippen molar-refractivity contribution in [2.75, 3.05) is 0 Å². The van der Waals surface area contributed by atoms with Gasteiger partial charge < -0.3 is 5.32 Å². The lowest BCUT2D eigenvalue weighted by atomic mass is 10.2. The second-order valence-corrected chi connectivity index (χ2v) is 4.40. The van der Waals surface area contributed by atoms with E-state index in [0.29, 0.717) is 11.5 Å². The molecule has 2 aromatic heterocycles. The number of nitrogens with one attached hydrogen (secondary N) is 1. The normalized spacial score (nSPS) is 13.2. The van der Waals surface area contributed by atoms with Gasteiger partial charge in [-0.05, 0) is 19.1 Å². The van der Waals surface area contributed by atoms with Crippen LogP contribution in [0.5, 0.6) is 0 Å². The Labute approximate surface area is 118 Å². The summed E-state index contributed by atoms with van der Waals surface area (Å²) in [7, 11) is 0. The Hall–Kier alpha value is -2.09. The van der Waals surface area contributed by atoms with E-state index in [9.17, 15) is 17.6 Å². The van der Waals surface area contributed by atoms with E-state index in [1.54, 1.807) is 6.92 Å². The number of pyridine rings is 1. The van der Waals surface area contributed by atoms with Crippen molar-refractivity contribution in [3.63, 3.8) is 0 Å². The molecular formula is C13H12F4N4. The highest BCUT2D eigenvalue weighted by Gasteiger charge is 2.30. The second-order valence-electron chi connectivity index (χ2n) is 4.40. The van der Waals surface area contributed by atoms with Crippen molar-refractivity contribution in [3.8, 4) is 0 Å². The van der Waals surface area contributed by atoms with Crippen molar-refractivity contribution in [2.45, 2.75) is 25.7 Å². The van der Waals surface area contributed by atoms with Crippen molar-refractivity contribution in [1.82, 2.24) is 20.3 Å². The van der Waals surface area contributed by atoms with E-state index >= 15 is 0 Å². The predicted octanol–water partition coefficient (Wildman–Crippen LogP) is 2.88. The highest BCUT2D eigenvalue weighted by Crippen LogP contribution is 2.28. The highest BCUT2D eigenvalue weighted by atomic mass is 19.4. The van der Waals surface area contributed by atoms with Crippen LogP contribution in [0.15, 0.2) is 30.7 Å². The lowest BCUT2D eigenvalue weighted by molar-refractivity contribution is -0.137. The number of halogens is 4. The first-order chi connectivity index (χ1) is 9.86. The van der Waals surface area contributed by atoms with Crippen LogP contribution in [0.3, 0.4) is 0 Å². The van der Waals surface area contributed by atoms with Gasteiger partial charge in [-0.25, -0.2) is 14.4 Å². The molecule has 0 aliphatic carbocycles. The highest BCUT2D eigenvalue weighted by molar-refractivity contribution is 5.17. The largest absolute Gasteiger partial charge is 0.417 e. The molecule has 1 N–H and O–H groups in total. The van der Waals surface area contributed by atoms with Crippen LogP contribution < -0.4 is 5.32 Å². The van der Waals surface area contributed by atoms with Crippen molar-refractivity contribution in [3.05, 3.63) is 53.6 Å². The van der Waals surface area contributed by atoms with Crippen LogP contribution in [-0.4, -0.2) is 15.0 Å². The first-order valence-electron chi connectivity index (χ1n) is 6.09. The monoisotopic (exact) mass is 300 g/mol. The lowest BCUT2D eigenvalue weighted by Crippen LogP contribution is -2.21. The number of aromatic nitrogens is 3. The Bertz CT molecular complexity index is 581. The van der Waals surface area contributed by atoms with Gasteiger partial charge in [0.1, 0.15) is 5.82 Å². The molecule has 0 aliphatic heterocycles. The third-order valence-electron chi connectivity index (χ3n) is 2.77. The Morgan fingerprint density at radius 3 is 2.29 bits per heavy atom. The van der Waals surface area contributed by atoms with Crippen LogP contribution in [0.4, 0.5) is 17.6 Å². The van der Waals surface area contributed by atoms with Gasteiger partial charge in [0, 0.05) is 12.7 Å². The zero-order chi connectivity index (χ0) is 15.5. The van der Waals surface area contributed by atoms with Crippen LogP contribution in [-0.2, 0) is 12.7 Å². The Morgan fingerprint density at radius 1 is 1.10 bits per heavy atom. The fourth-order valence-corrected chi connectivity index (χ4v) is 1.59. The molecule has 0 spiro atoms. The Balaban J connectivity index is 1.95. The standard InChI is InChI=1S/C13H12F4N4/c1-8(12-20-5-10(14)6-21-12)18-7-11-3-2-9(4-19-11)13(15,16)17/h2-6,8,18H,7H2,1H3. The molecule has 0 saturated heterocycles. The molecule has 2 aromatic rings. The van der Waals surface area contributed by atoms with Gasteiger partial charge in [-0.15, -0.1) is 0 Å². The third kappa shape index (κ3) is 4.19. The summed E-state index contributed by atoms with van der Waals surface area (Å²) in [5.41, 5.74) is -0.335. The van der Waals surface area contributed by atoms with Crippen LogP contribution in [0.2, 0.25) is 0 Å².